The quantitative estimate of drug-likeness (QED) is 0.903. The van der Waals surface area contributed by atoms with Crippen molar-refractivity contribution < 1.29 is 14.1 Å². The third-order valence-corrected chi connectivity index (χ3v) is 4.61. The minimum atomic E-state index is -0.106. The Labute approximate surface area is 136 Å². The van der Waals surface area contributed by atoms with E-state index in [1.54, 1.807) is 13.0 Å². The van der Waals surface area contributed by atoms with Gasteiger partial charge in [-0.3, -0.25) is 19.8 Å². The van der Waals surface area contributed by atoms with E-state index in [1.165, 1.54) is 0 Å². The molecule has 7 heteroatoms. The first-order chi connectivity index (χ1) is 11.1. The summed E-state index contributed by atoms with van der Waals surface area (Å²) in [5.41, 5.74) is 0.738. The average Bonchev–Trinajstić information content (AvgIpc) is 3.19. The summed E-state index contributed by atoms with van der Waals surface area (Å²) in [6.07, 6.45) is 3.94. The summed E-state index contributed by atoms with van der Waals surface area (Å²) >= 11 is 0. The third-order valence-electron chi connectivity index (χ3n) is 4.61. The molecule has 1 N–H and O–H groups in total. The fraction of sp³-hybridized carbons (Fsp3) is 0.688. The second-order valence-electron chi connectivity index (χ2n) is 6.46. The third kappa shape index (κ3) is 4.10. The van der Waals surface area contributed by atoms with Gasteiger partial charge in [0, 0.05) is 25.1 Å². The van der Waals surface area contributed by atoms with Crippen LogP contribution < -0.4 is 5.32 Å². The monoisotopic (exact) mass is 320 g/mol. The van der Waals surface area contributed by atoms with Gasteiger partial charge < -0.3 is 9.42 Å². The first-order valence-corrected chi connectivity index (χ1v) is 8.36. The van der Waals surface area contributed by atoms with Crippen LogP contribution in [0.2, 0.25) is 0 Å². The van der Waals surface area contributed by atoms with Crippen molar-refractivity contribution in [1.29, 1.82) is 0 Å². The number of rotatable bonds is 4. The van der Waals surface area contributed by atoms with Gasteiger partial charge in [-0.15, -0.1) is 0 Å². The molecule has 3 rings (SSSR count). The normalized spacial score (nSPS) is 20.0. The Morgan fingerprint density at radius 3 is 2.57 bits per heavy atom. The Morgan fingerprint density at radius 1 is 1.26 bits per heavy atom. The number of hydrogen-bond acceptors (Lipinski definition) is 5. The van der Waals surface area contributed by atoms with Gasteiger partial charge >= 0.3 is 0 Å². The molecule has 0 saturated carbocycles. The van der Waals surface area contributed by atoms with E-state index >= 15 is 0 Å². The van der Waals surface area contributed by atoms with Crippen molar-refractivity contribution in [2.45, 2.75) is 32.6 Å². The maximum Gasteiger partial charge on any atom is 0.240 e. The SMILES string of the molecule is Cc1cc(NC(=O)CN2CCC(C(=O)N3CCCC3)CC2)on1. The molecule has 7 nitrogen and oxygen atoms in total. The zero-order valence-corrected chi connectivity index (χ0v) is 13.6. The summed E-state index contributed by atoms with van der Waals surface area (Å²) in [5, 5.41) is 6.44. The molecule has 0 atom stereocenters. The Morgan fingerprint density at radius 2 is 1.96 bits per heavy atom. The minimum Gasteiger partial charge on any atom is -0.342 e. The Bertz CT molecular complexity index is 557. The van der Waals surface area contributed by atoms with Crippen molar-refractivity contribution in [2.75, 3.05) is 38.0 Å². The molecule has 2 saturated heterocycles. The molecule has 2 amide bonds. The van der Waals surface area contributed by atoms with Crippen molar-refractivity contribution in [3.05, 3.63) is 11.8 Å². The molecule has 0 bridgehead atoms. The standard InChI is InChI=1S/C16H24N4O3/c1-12-10-15(23-18-12)17-14(21)11-19-8-4-13(5-9-19)16(22)20-6-2-3-7-20/h10,13H,2-9,11H2,1H3,(H,17,21). The Balaban J connectivity index is 1.41. The molecule has 1 aromatic rings. The molecule has 1 aromatic heterocycles. The predicted octanol–water partition coefficient (Wildman–Crippen LogP) is 1.26. The summed E-state index contributed by atoms with van der Waals surface area (Å²) in [4.78, 5) is 28.5. The number of nitrogens with zero attached hydrogens (tertiary/aromatic N) is 3. The molecule has 3 heterocycles. The van der Waals surface area contributed by atoms with E-state index in [2.05, 4.69) is 15.4 Å². The van der Waals surface area contributed by atoms with E-state index < -0.39 is 0 Å². The highest BCUT2D eigenvalue weighted by molar-refractivity contribution is 5.91. The fourth-order valence-corrected chi connectivity index (χ4v) is 3.34. The molecular weight excluding hydrogens is 296 g/mol. The van der Waals surface area contributed by atoms with Crippen LogP contribution in [0.15, 0.2) is 10.6 Å². The van der Waals surface area contributed by atoms with Gasteiger partial charge in [0.25, 0.3) is 0 Å². The van der Waals surface area contributed by atoms with Crippen LogP contribution in [0.5, 0.6) is 0 Å². The molecule has 0 unspecified atom stereocenters. The van der Waals surface area contributed by atoms with Crippen molar-refractivity contribution in [3.63, 3.8) is 0 Å². The van der Waals surface area contributed by atoms with Crippen LogP contribution in [-0.4, -0.2) is 59.5 Å². The van der Waals surface area contributed by atoms with Gasteiger partial charge in [0.15, 0.2) is 0 Å². The molecule has 0 spiro atoms. The number of carbonyl (C=O) groups excluding carboxylic acids is 2. The maximum atomic E-state index is 12.4. The largest absolute Gasteiger partial charge is 0.342 e. The van der Waals surface area contributed by atoms with Gasteiger partial charge in [0.1, 0.15) is 0 Å². The van der Waals surface area contributed by atoms with Gasteiger partial charge in [-0.2, -0.15) is 0 Å². The van der Waals surface area contributed by atoms with Crippen LogP contribution in [0.1, 0.15) is 31.4 Å². The molecule has 0 aliphatic carbocycles. The molecule has 2 fully saturated rings. The average molecular weight is 320 g/mol. The van der Waals surface area contributed by atoms with Crippen molar-refractivity contribution in [1.82, 2.24) is 15.0 Å². The first kappa shape index (κ1) is 16.0. The number of aromatic nitrogens is 1. The summed E-state index contributed by atoms with van der Waals surface area (Å²) in [6, 6.07) is 1.69. The lowest BCUT2D eigenvalue weighted by Crippen LogP contribution is -2.43. The zero-order valence-electron chi connectivity index (χ0n) is 13.6. The molecule has 2 aliphatic heterocycles. The number of carbonyl (C=O) groups is 2. The lowest BCUT2D eigenvalue weighted by molar-refractivity contribution is -0.136. The number of amides is 2. The lowest BCUT2D eigenvalue weighted by Gasteiger charge is -2.32. The molecule has 0 radical (unpaired) electrons. The number of anilines is 1. The van der Waals surface area contributed by atoms with E-state index in [9.17, 15) is 9.59 Å². The summed E-state index contributed by atoms with van der Waals surface area (Å²) in [6.45, 7) is 5.53. The highest BCUT2D eigenvalue weighted by Gasteiger charge is 2.30. The topological polar surface area (TPSA) is 78.7 Å². The van der Waals surface area contributed by atoms with E-state index in [1.807, 2.05) is 4.90 Å². The predicted molar refractivity (Wildman–Crippen MR) is 84.8 cm³/mol. The Hall–Kier alpha value is -1.89. The number of likely N-dealkylation sites (tertiary alicyclic amines) is 2. The van der Waals surface area contributed by atoms with Gasteiger partial charge in [-0.25, -0.2) is 0 Å². The van der Waals surface area contributed by atoms with Crippen molar-refractivity contribution in [2.24, 2.45) is 5.92 Å². The molecule has 23 heavy (non-hydrogen) atoms. The highest BCUT2D eigenvalue weighted by atomic mass is 16.5. The lowest BCUT2D eigenvalue weighted by atomic mass is 9.95. The van der Waals surface area contributed by atoms with Crippen LogP contribution in [0.3, 0.4) is 0 Å². The van der Waals surface area contributed by atoms with Gasteiger partial charge in [0.05, 0.1) is 12.2 Å². The fourth-order valence-electron chi connectivity index (χ4n) is 3.34. The van der Waals surface area contributed by atoms with Gasteiger partial charge in [-0.05, 0) is 45.7 Å². The number of piperidine rings is 1. The van der Waals surface area contributed by atoms with Crippen molar-refractivity contribution in [3.8, 4) is 0 Å². The summed E-state index contributed by atoms with van der Waals surface area (Å²) in [5.74, 6) is 0.713. The van der Waals surface area contributed by atoms with E-state index in [0.717, 1.165) is 57.6 Å². The van der Waals surface area contributed by atoms with Gasteiger partial charge in [0.2, 0.25) is 17.7 Å². The highest BCUT2D eigenvalue weighted by Crippen LogP contribution is 2.22. The second kappa shape index (κ2) is 7.12. The van der Waals surface area contributed by atoms with Crippen LogP contribution in [0.25, 0.3) is 0 Å². The van der Waals surface area contributed by atoms with Crippen LogP contribution >= 0.6 is 0 Å². The number of aryl methyl sites for hydroxylation is 1. The summed E-state index contributed by atoms with van der Waals surface area (Å²) in [7, 11) is 0. The number of nitrogens with one attached hydrogen (secondary N) is 1. The second-order valence-corrected chi connectivity index (χ2v) is 6.46. The van der Waals surface area contributed by atoms with Crippen LogP contribution in [-0.2, 0) is 9.59 Å². The summed E-state index contributed by atoms with van der Waals surface area (Å²) < 4.78 is 4.98. The molecule has 2 aliphatic rings. The number of hydrogen-bond donors (Lipinski definition) is 1. The van der Waals surface area contributed by atoms with Crippen LogP contribution in [0, 0.1) is 12.8 Å². The van der Waals surface area contributed by atoms with E-state index in [4.69, 9.17) is 4.52 Å². The van der Waals surface area contributed by atoms with Crippen molar-refractivity contribution >= 4 is 17.7 Å². The van der Waals surface area contributed by atoms with E-state index in [-0.39, 0.29) is 11.8 Å². The smallest absolute Gasteiger partial charge is 0.240 e. The minimum absolute atomic E-state index is 0.106. The molecule has 126 valence electrons. The molecular formula is C16H24N4O3. The zero-order chi connectivity index (χ0) is 16.2. The molecule has 0 aromatic carbocycles. The van der Waals surface area contributed by atoms with Gasteiger partial charge in [-0.1, -0.05) is 5.16 Å². The van der Waals surface area contributed by atoms with E-state index in [0.29, 0.717) is 18.3 Å². The Kier molecular flexibility index (Phi) is 4.95. The maximum absolute atomic E-state index is 12.4. The first-order valence-electron chi connectivity index (χ1n) is 8.36. The van der Waals surface area contributed by atoms with Crippen LogP contribution in [0.4, 0.5) is 5.88 Å².